The first-order valence-electron chi connectivity index (χ1n) is 10.6. The molecule has 0 spiro atoms. The van der Waals surface area contributed by atoms with Crippen molar-refractivity contribution in [1.29, 1.82) is 0 Å². The molecule has 5 rings (SSSR count). The highest BCUT2D eigenvalue weighted by atomic mass is 35.5. The largest absolute Gasteiger partial charge is 0.484 e. The fraction of sp³-hybridized carbons (Fsp3) is 0.167. The predicted molar refractivity (Wildman–Crippen MR) is 141 cm³/mol. The van der Waals surface area contributed by atoms with E-state index < -0.39 is 0 Å². The van der Waals surface area contributed by atoms with Crippen molar-refractivity contribution in [3.8, 4) is 11.4 Å². The van der Waals surface area contributed by atoms with Crippen LogP contribution in [0.25, 0.3) is 10.6 Å². The Bertz CT molecular complexity index is 1590. The number of aryl methyl sites for hydroxylation is 2. The van der Waals surface area contributed by atoms with Crippen LogP contribution in [0.2, 0.25) is 10.0 Å². The number of benzene rings is 2. The molecule has 0 saturated heterocycles. The molecule has 178 valence electrons. The van der Waals surface area contributed by atoms with E-state index in [1.54, 1.807) is 30.5 Å². The molecule has 0 bridgehead atoms. The maximum Gasteiger partial charge on any atom is 0.258 e. The molecule has 0 atom stereocenters. The number of aromatic nitrogens is 5. The minimum absolute atomic E-state index is 0.100. The van der Waals surface area contributed by atoms with Crippen molar-refractivity contribution in [1.82, 2.24) is 24.1 Å². The van der Waals surface area contributed by atoms with Crippen LogP contribution in [-0.4, -0.2) is 24.1 Å². The Morgan fingerprint density at radius 1 is 1.09 bits per heavy atom. The van der Waals surface area contributed by atoms with Crippen LogP contribution in [0.1, 0.15) is 22.6 Å². The number of rotatable bonds is 7. The van der Waals surface area contributed by atoms with Gasteiger partial charge in [-0.15, -0.1) is 21.5 Å². The zero-order chi connectivity index (χ0) is 24.5. The van der Waals surface area contributed by atoms with Crippen molar-refractivity contribution in [3.63, 3.8) is 0 Å². The molecule has 0 radical (unpaired) electrons. The fourth-order valence-electron chi connectivity index (χ4n) is 3.52. The smallest absolute Gasteiger partial charge is 0.258 e. The lowest BCUT2D eigenvalue weighted by atomic mass is 10.1. The van der Waals surface area contributed by atoms with Crippen molar-refractivity contribution < 1.29 is 4.74 Å². The summed E-state index contributed by atoms with van der Waals surface area (Å²) in [5.74, 6) is 1.60. The van der Waals surface area contributed by atoms with Gasteiger partial charge in [0, 0.05) is 28.4 Å². The molecule has 0 amide bonds. The monoisotopic (exact) mass is 543 g/mol. The number of hydrogen-bond donors (Lipinski definition) is 0. The molecular weight excluding hydrogens is 525 g/mol. The lowest BCUT2D eigenvalue weighted by molar-refractivity contribution is 0.293. The second kappa shape index (κ2) is 10.0. The van der Waals surface area contributed by atoms with Gasteiger partial charge in [-0.05, 0) is 49.2 Å². The SMILES string of the molecule is Cc1ccc(C)c(-n2c(COc3ccc(Cl)cc3Cl)nnc2SCc2cc(=O)n3ccsc3n2)c1. The summed E-state index contributed by atoms with van der Waals surface area (Å²) in [6, 6.07) is 12.8. The van der Waals surface area contributed by atoms with Gasteiger partial charge in [-0.2, -0.15) is 0 Å². The number of thiazole rings is 1. The molecule has 35 heavy (non-hydrogen) atoms. The van der Waals surface area contributed by atoms with E-state index in [-0.39, 0.29) is 12.2 Å². The van der Waals surface area contributed by atoms with E-state index in [0.717, 1.165) is 16.8 Å². The molecule has 0 aliphatic carbocycles. The van der Waals surface area contributed by atoms with Crippen molar-refractivity contribution >= 4 is 51.3 Å². The first-order valence-corrected chi connectivity index (χ1v) is 13.2. The van der Waals surface area contributed by atoms with Gasteiger partial charge in [0.2, 0.25) is 0 Å². The summed E-state index contributed by atoms with van der Waals surface area (Å²) >= 11 is 15.2. The van der Waals surface area contributed by atoms with E-state index in [1.807, 2.05) is 23.8 Å². The summed E-state index contributed by atoms with van der Waals surface area (Å²) < 4.78 is 9.48. The Kier molecular flexibility index (Phi) is 6.84. The Labute approximate surface area is 219 Å². The second-order valence-corrected chi connectivity index (χ2v) is 10.5. The van der Waals surface area contributed by atoms with E-state index in [4.69, 9.17) is 27.9 Å². The molecule has 3 heterocycles. The van der Waals surface area contributed by atoms with Crippen LogP contribution in [0.5, 0.6) is 5.75 Å². The van der Waals surface area contributed by atoms with Crippen LogP contribution in [0, 0.1) is 13.8 Å². The van der Waals surface area contributed by atoms with Gasteiger partial charge in [-0.1, -0.05) is 47.1 Å². The standard InChI is InChI=1S/C24H19Cl2N5O2S2/c1-14-3-4-15(2)19(9-14)31-21(12-33-20-6-5-16(25)10-18(20)26)28-29-24(31)35-13-17-11-22(32)30-7-8-34-23(30)27-17/h3-11H,12-13H2,1-2H3. The number of hydrogen-bond acceptors (Lipinski definition) is 7. The molecule has 2 aromatic carbocycles. The third-order valence-electron chi connectivity index (χ3n) is 5.26. The fourth-order valence-corrected chi connectivity index (χ4v) is 5.58. The van der Waals surface area contributed by atoms with Gasteiger partial charge >= 0.3 is 0 Å². The molecule has 0 aliphatic rings. The summed E-state index contributed by atoms with van der Waals surface area (Å²) in [5, 5.41) is 12.3. The van der Waals surface area contributed by atoms with Crippen molar-refractivity contribution in [2.75, 3.05) is 0 Å². The average molecular weight is 544 g/mol. The third kappa shape index (κ3) is 5.08. The lowest BCUT2D eigenvalue weighted by Crippen LogP contribution is -2.12. The minimum atomic E-state index is -0.100. The normalized spacial score (nSPS) is 11.3. The topological polar surface area (TPSA) is 74.3 Å². The number of halogens is 2. The summed E-state index contributed by atoms with van der Waals surface area (Å²) in [6.45, 7) is 4.23. The van der Waals surface area contributed by atoms with Crippen molar-refractivity contribution in [2.45, 2.75) is 31.4 Å². The Morgan fingerprint density at radius 3 is 2.77 bits per heavy atom. The van der Waals surface area contributed by atoms with Crippen LogP contribution in [0.4, 0.5) is 0 Å². The van der Waals surface area contributed by atoms with Gasteiger partial charge in [0.15, 0.2) is 15.9 Å². The van der Waals surface area contributed by atoms with Crippen LogP contribution in [0.3, 0.4) is 0 Å². The van der Waals surface area contributed by atoms with Crippen LogP contribution in [0.15, 0.2) is 64.0 Å². The summed E-state index contributed by atoms with van der Waals surface area (Å²) in [4.78, 5) is 17.6. The first-order chi connectivity index (χ1) is 16.9. The second-order valence-electron chi connectivity index (χ2n) is 7.82. The van der Waals surface area contributed by atoms with Gasteiger partial charge in [0.1, 0.15) is 12.4 Å². The highest BCUT2D eigenvalue weighted by Gasteiger charge is 2.18. The Hall–Kier alpha value is -2.85. The van der Waals surface area contributed by atoms with Crippen molar-refractivity contribution in [2.24, 2.45) is 0 Å². The summed E-state index contributed by atoms with van der Waals surface area (Å²) in [5.41, 5.74) is 3.72. The molecule has 0 unspecified atom stereocenters. The number of thioether (sulfide) groups is 1. The Balaban J connectivity index is 1.47. The summed E-state index contributed by atoms with van der Waals surface area (Å²) in [7, 11) is 0. The molecule has 3 aromatic heterocycles. The molecule has 7 nitrogen and oxygen atoms in total. The molecule has 0 fully saturated rings. The lowest BCUT2D eigenvalue weighted by Gasteiger charge is -2.14. The minimum Gasteiger partial charge on any atom is -0.484 e. The summed E-state index contributed by atoms with van der Waals surface area (Å²) in [6.07, 6.45) is 1.72. The van der Waals surface area contributed by atoms with Crippen LogP contribution in [-0.2, 0) is 12.4 Å². The molecule has 0 N–H and O–H groups in total. The van der Waals surface area contributed by atoms with E-state index in [1.165, 1.54) is 27.5 Å². The van der Waals surface area contributed by atoms with Crippen LogP contribution < -0.4 is 10.3 Å². The first kappa shape index (κ1) is 23.9. The quantitative estimate of drug-likeness (QED) is 0.230. The maximum absolute atomic E-state index is 12.4. The van der Waals surface area contributed by atoms with Crippen molar-refractivity contribution in [3.05, 3.63) is 97.1 Å². The van der Waals surface area contributed by atoms with Gasteiger partial charge in [0.25, 0.3) is 5.56 Å². The van der Waals surface area contributed by atoms with E-state index in [2.05, 4.69) is 33.4 Å². The zero-order valence-corrected chi connectivity index (χ0v) is 21.9. The van der Waals surface area contributed by atoms with Crippen LogP contribution >= 0.6 is 46.3 Å². The Morgan fingerprint density at radius 2 is 1.94 bits per heavy atom. The highest BCUT2D eigenvalue weighted by molar-refractivity contribution is 7.98. The third-order valence-corrected chi connectivity index (χ3v) is 7.51. The maximum atomic E-state index is 12.4. The molecule has 0 saturated carbocycles. The molecule has 11 heteroatoms. The van der Waals surface area contributed by atoms with Gasteiger partial charge in [-0.3, -0.25) is 13.8 Å². The van der Waals surface area contributed by atoms with Gasteiger partial charge in [-0.25, -0.2) is 4.98 Å². The van der Waals surface area contributed by atoms with Gasteiger partial charge in [0.05, 0.1) is 16.4 Å². The molecule has 5 aromatic rings. The van der Waals surface area contributed by atoms with E-state index in [0.29, 0.717) is 43.2 Å². The van der Waals surface area contributed by atoms with E-state index in [9.17, 15) is 4.79 Å². The zero-order valence-electron chi connectivity index (χ0n) is 18.7. The molecular formula is C24H19Cl2N5O2S2. The predicted octanol–water partition coefficient (Wildman–Crippen LogP) is 6.13. The number of ether oxygens (including phenoxy) is 1. The number of fused-ring (bicyclic) bond motifs is 1. The van der Waals surface area contributed by atoms with Gasteiger partial charge < -0.3 is 4.74 Å². The molecule has 0 aliphatic heterocycles. The van der Waals surface area contributed by atoms with E-state index >= 15 is 0 Å². The highest BCUT2D eigenvalue weighted by Crippen LogP contribution is 2.30. The number of nitrogens with zero attached hydrogens (tertiary/aromatic N) is 5. The average Bonchev–Trinajstić information content (AvgIpc) is 3.46.